The van der Waals surface area contributed by atoms with E-state index in [1.807, 2.05) is 65.8 Å². The first-order valence-electron chi connectivity index (χ1n) is 11.7. The molecule has 34 heavy (non-hydrogen) atoms. The summed E-state index contributed by atoms with van der Waals surface area (Å²) < 4.78 is 5.53. The SMILES string of the molecule is CCN(Cc1ccccc1NC(=O)c1sc2nc(C3CC3)nc(C)c2c1C)C(=O)OC(C)(C)C. The summed E-state index contributed by atoms with van der Waals surface area (Å²) in [7, 11) is 0. The van der Waals surface area contributed by atoms with Crippen LogP contribution in [0.15, 0.2) is 24.3 Å². The molecule has 2 aromatic heterocycles. The number of nitrogens with one attached hydrogen (secondary N) is 1. The zero-order chi connectivity index (χ0) is 24.6. The number of aromatic nitrogens is 2. The Morgan fingerprint density at radius 2 is 1.88 bits per heavy atom. The van der Waals surface area contributed by atoms with Crippen molar-refractivity contribution in [1.29, 1.82) is 0 Å². The summed E-state index contributed by atoms with van der Waals surface area (Å²) in [5.41, 5.74) is 2.77. The van der Waals surface area contributed by atoms with Gasteiger partial charge in [-0.25, -0.2) is 14.8 Å². The van der Waals surface area contributed by atoms with Crippen LogP contribution in [0.2, 0.25) is 0 Å². The van der Waals surface area contributed by atoms with Crippen LogP contribution < -0.4 is 5.32 Å². The lowest BCUT2D eigenvalue weighted by atomic mass is 10.1. The van der Waals surface area contributed by atoms with Gasteiger partial charge in [0.05, 0.1) is 17.1 Å². The second-order valence-corrected chi connectivity index (χ2v) is 10.8. The molecule has 0 radical (unpaired) electrons. The average molecular weight is 481 g/mol. The van der Waals surface area contributed by atoms with E-state index < -0.39 is 5.60 Å². The van der Waals surface area contributed by atoms with Crippen LogP contribution in [-0.4, -0.2) is 39.0 Å². The van der Waals surface area contributed by atoms with Gasteiger partial charge in [0.1, 0.15) is 16.3 Å². The third kappa shape index (κ3) is 5.22. The number of nitrogens with zero attached hydrogens (tertiary/aromatic N) is 3. The van der Waals surface area contributed by atoms with Gasteiger partial charge in [-0.3, -0.25) is 4.79 Å². The van der Waals surface area contributed by atoms with Crippen LogP contribution in [-0.2, 0) is 11.3 Å². The molecule has 8 heteroatoms. The van der Waals surface area contributed by atoms with E-state index in [0.717, 1.165) is 45.7 Å². The second kappa shape index (κ2) is 9.33. The molecule has 0 atom stereocenters. The highest BCUT2D eigenvalue weighted by atomic mass is 32.1. The van der Waals surface area contributed by atoms with E-state index in [0.29, 0.717) is 29.6 Å². The van der Waals surface area contributed by atoms with Gasteiger partial charge in [-0.05, 0) is 71.6 Å². The van der Waals surface area contributed by atoms with E-state index in [-0.39, 0.29) is 12.0 Å². The number of rotatable bonds is 6. The van der Waals surface area contributed by atoms with Crippen LogP contribution in [0.1, 0.15) is 78.8 Å². The maximum atomic E-state index is 13.3. The molecule has 0 spiro atoms. The maximum Gasteiger partial charge on any atom is 0.410 e. The van der Waals surface area contributed by atoms with Crippen molar-refractivity contribution in [1.82, 2.24) is 14.9 Å². The number of para-hydroxylation sites is 1. The quantitative estimate of drug-likeness (QED) is 0.454. The minimum absolute atomic E-state index is 0.180. The molecular weight excluding hydrogens is 448 g/mol. The summed E-state index contributed by atoms with van der Waals surface area (Å²) in [4.78, 5) is 38.5. The predicted molar refractivity (Wildman–Crippen MR) is 136 cm³/mol. The Kier molecular flexibility index (Phi) is 6.62. The second-order valence-electron chi connectivity index (χ2n) is 9.78. The fourth-order valence-electron chi connectivity index (χ4n) is 3.90. The highest BCUT2D eigenvalue weighted by Gasteiger charge is 2.29. The number of thiophene rings is 1. The highest BCUT2D eigenvalue weighted by Crippen LogP contribution is 2.40. The minimum atomic E-state index is -0.572. The van der Waals surface area contributed by atoms with Gasteiger partial charge in [-0.2, -0.15) is 0 Å². The number of fused-ring (bicyclic) bond motifs is 1. The molecule has 1 aromatic carbocycles. The molecular formula is C26H32N4O3S. The Bertz CT molecular complexity index is 1240. The van der Waals surface area contributed by atoms with Crippen LogP contribution >= 0.6 is 11.3 Å². The molecule has 0 bridgehead atoms. The van der Waals surface area contributed by atoms with Crippen molar-refractivity contribution in [2.75, 3.05) is 11.9 Å². The molecule has 180 valence electrons. The Morgan fingerprint density at radius 1 is 1.18 bits per heavy atom. The number of hydrogen-bond acceptors (Lipinski definition) is 6. The first-order chi connectivity index (χ1) is 16.1. The molecule has 1 N–H and O–H groups in total. The maximum absolute atomic E-state index is 13.3. The van der Waals surface area contributed by atoms with Crippen molar-refractivity contribution < 1.29 is 14.3 Å². The molecule has 2 heterocycles. The smallest absolute Gasteiger partial charge is 0.410 e. The molecule has 1 saturated carbocycles. The molecule has 4 rings (SSSR count). The van der Waals surface area contributed by atoms with Crippen molar-refractivity contribution in [3.05, 3.63) is 51.8 Å². The largest absolute Gasteiger partial charge is 0.444 e. The van der Waals surface area contributed by atoms with Crippen LogP contribution in [0, 0.1) is 13.8 Å². The van der Waals surface area contributed by atoms with E-state index >= 15 is 0 Å². The van der Waals surface area contributed by atoms with E-state index in [1.165, 1.54) is 11.3 Å². The normalized spacial score (nSPS) is 13.7. The van der Waals surface area contributed by atoms with Crippen molar-refractivity contribution in [3.8, 4) is 0 Å². The van der Waals surface area contributed by atoms with Gasteiger partial charge in [-0.15, -0.1) is 11.3 Å². The molecule has 0 unspecified atom stereocenters. The number of benzene rings is 1. The Hall–Kier alpha value is -3.00. The zero-order valence-electron chi connectivity index (χ0n) is 20.7. The summed E-state index contributed by atoms with van der Waals surface area (Å²) in [6, 6.07) is 7.54. The lowest BCUT2D eigenvalue weighted by Crippen LogP contribution is -2.36. The van der Waals surface area contributed by atoms with E-state index in [4.69, 9.17) is 14.7 Å². The summed E-state index contributed by atoms with van der Waals surface area (Å²) in [5, 5.41) is 4.03. The van der Waals surface area contributed by atoms with Crippen LogP contribution in [0.5, 0.6) is 0 Å². The lowest BCUT2D eigenvalue weighted by molar-refractivity contribution is 0.0245. The first kappa shape index (κ1) is 24.1. The fourth-order valence-corrected chi connectivity index (χ4v) is 5.03. The van der Waals surface area contributed by atoms with Gasteiger partial charge in [0.15, 0.2) is 0 Å². The predicted octanol–water partition coefficient (Wildman–Crippen LogP) is 6.19. The average Bonchev–Trinajstić information content (AvgIpc) is 3.55. The molecule has 0 aliphatic heterocycles. The molecule has 1 aliphatic carbocycles. The van der Waals surface area contributed by atoms with E-state index in [1.54, 1.807) is 4.90 Å². The summed E-state index contributed by atoms with van der Waals surface area (Å²) in [6.07, 6.45) is 1.90. The Labute approximate surface area is 204 Å². The minimum Gasteiger partial charge on any atom is -0.444 e. The third-order valence-corrected chi connectivity index (χ3v) is 6.98. The lowest BCUT2D eigenvalue weighted by Gasteiger charge is -2.27. The van der Waals surface area contributed by atoms with E-state index in [2.05, 4.69) is 5.32 Å². The van der Waals surface area contributed by atoms with Gasteiger partial charge in [0.2, 0.25) is 0 Å². The molecule has 2 amide bonds. The van der Waals surface area contributed by atoms with Crippen LogP contribution in [0.4, 0.5) is 10.5 Å². The number of carbonyl (C=O) groups is 2. The van der Waals surface area contributed by atoms with Crippen molar-refractivity contribution >= 4 is 39.2 Å². The molecule has 1 aliphatic rings. The zero-order valence-corrected chi connectivity index (χ0v) is 21.5. The summed E-state index contributed by atoms with van der Waals surface area (Å²) >= 11 is 1.41. The molecule has 0 saturated heterocycles. The van der Waals surface area contributed by atoms with Gasteiger partial charge < -0.3 is 15.0 Å². The summed E-state index contributed by atoms with van der Waals surface area (Å²) in [6.45, 7) is 12.2. The van der Waals surface area contributed by atoms with Gasteiger partial charge in [-0.1, -0.05) is 18.2 Å². The number of ether oxygens (including phenoxy) is 1. The number of aryl methyl sites for hydroxylation is 2. The molecule has 1 fully saturated rings. The number of carbonyl (C=O) groups excluding carboxylic acids is 2. The van der Waals surface area contributed by atoms with Crippen LogP contribution in [0.25, 0.3) is 10.2 Å². The van der Waals surface area contributed by atoms with Gasteiger partial charge in [0.25, 0.3) is 5.91 Å². The van der Waals surface area contributed by atoms with Crippen molar-refractivity contribution in [2.45, 2.75) is 72.4 Å². The standard InChI is InChI=1S/C26H32N4O3S/c1-7-30(25(32)33-26(4,5)6)14-18-10-8-9-11-19(18)28-23(31)21-15(2)20-16(3)27-22(17-12-13-17)29-24(20)34-21/h8-11,17H,7,12-14H2,1-6H3,(H,28,31). The fraction of sp³-hybridized carbons (Fsp3) is 0.462. The number of amides is 2. The first-order valence-corrected chi connectivity index (χ1v) is 12.5. The monoisotopic (exact) mass is 480 g/mol. The highest BCUT2D eigenvalue weighted by molar-refractivity contribution is 7.20. The molecule has 3 aromatic rings. The van der Waals surface area contributed by atoms with Crippen LogP contribution in [0.3, 0.4) is 0 Å². The van der Waals surface area contributed by atoms with Gasteiger partial charge in [0, 0.05) is 23.5 Å². The molecule has 7 nitrogen and oxygen atoms in total. The Balaban J connectivity index is 1.57. The number of anilines is 1. The van der Waals surface area contributed by atoms with Crippen molar-refractivity contribution in [3.63, 3.8) is 0 Å². The van der Waals surface area contributed by atoms with E-state index in [9.17, 15) is 9.59 Å². The van der Waals surface area contributed by atoms with Gasteiger partial charge >= 0.3 is 6.09 Å². The third-order valence-electron chi connectivity index (χ3n) is 5.80. The summed E-state index contributed by atoms with van der Waals surface area (Å²) in [5.74, 6) is 1.17. The topological polar surface area (TPSA) is 84.4 Å². The van der Waals surface area contributed by atoms with Crippen molar-refractivity contribution in [2.24, 2.45) is 0 Å². The number of hydrogen-bond donors (Lipinski definition) is 1. The Morgan fingerprint density at radius 3 is 2.53 bits per heavy atom.